The summed E-state index contributed by atoms with van der Waals surface area (Å²) in [5.41, 5.74) is 0. The van der Waals surface area contributed by atoms with Gasteiger partial charge in [-0.1, -0.05) is 19.8 Å². The fourth-order valence-electron chi connectivity index (χ4n) is 4.08. The van der Waals surface area contributed by atoms with Crippen LogP contribution in [-0.4, -0.2) is 83.2 Å². The highest BCUT2D eigenvalue weighted by Gasteiger charge is 2.50. The minimum atomic E-state index is -0.414. The van der Waals surface area contributed by atoms with Crippen LogP contribution in [0.1, 0.15) is 39.0 Å². The molecule has 152 valence electrons. The molecular formula is C18H31N5O3S. The monoisotopic (exact) mass is 397 g/mol. The zero-order valence-electron chi connectivity index (χ0n) is 16.4. The summed E-state index contributed by atoms with van der Waals surface area (Å²) < 4.78 is 0. The van der Waals surface area contributed by atoms with E-state index in [1.54, 1.807) is 11.9 Å². The number of carbonyl (C=O) groups is 3. The number of thioether (sulfide) groups is 1. The molecule has 9 heteroatoms. The number of hydrogen-bond donors (Lipinski definition) is 2. The number of likely N-dealkylation sites (tertiary alicyclic amines) is 1. The molecule has 0 aliphatic carbocycles. The molecule has 3 rings (SSSR count). The van der Waals surface area contributed by atoms with Crippen molar-refractivity contribution in [3.63, 3.8) is 0 Å². The summed E-state index contributed by atoms with van der Waals surface area (Å²) in [6.07, 6.45) is 5.00. The maximum atomic E-state index is 12.8. The highest BCUT2D eigenvalue weighted by atomic mass is 32.2. The number of urea groups is 1. The number of rotatable bonds is 4. The summed E-state index contributed by atoms with van der Waals surface area (Å²) in [6, 6.07) is -0.296. The first kappa shape index (κ1) is 20.4. The number of amides is 4. The van der Waals surface area contributed by atoms with E-state index < -0.39 is 5.92 Å². The van der Waals surface area contributed by atoms with E-state index in [9.17, 15) is 14.4 Å². The summed E-state index contributed by atoms with van der Waals surface area (Å²) in [7, 11) is 3.24. The topological polar surface area (TPSA) is 85.0 Å². The third-order valence-electron chi connectivity index (χ3n) is 5.78. The van der Waals surface area contributed by atoms with Crippen LogP contribution in [0.25, 0.3) is 0 Å². The van der Waals surface area contributed by atoms with E-state index in [2.05, 4.69) is 10.6 Å². The Labute approximate surface area is 165 Å². The second-order valence-corrected chi connectivity index (χ2v) is 8.71. The zero-order valence-corrected chi connectivity index (χ0v) is 17.3. The van der Waals surface area contributed by atoms with E-state index in [0.29, 0.717) is 5.75 Å². The van der Waals surface area contributed by atoms with Gasteiger partial charge in [-0.2, -0.15) is 0 Å². The predicted molar refractivity (Wildman–Crippen MR) is 105 cm³/mol. The Kier molecular flexibility index (Phi) is 6.65. The number of nitrogens with zero attached hydrogens (tertiary/aromatic N) is 3. The lowest BCUT2D eigenvalue weighted by atomic mass is 9.97. The Morgan fingerprint density at radius 2 is 1.78 bits per heavy atom. The minimum Gasteiger partial charge on any atom is -0.342 e. The van der Waals surface area contributed by atoms with E-state index in [0.717, 1.165) is 32.4 Å². The Bertz CT molecular complexity index is 581. The third-order valence-corrected chi connectivity index (χ3v) is 6.98. The van der Waals surface area contributed by atoms with Gasteiger partial charge >= 0.3 is 6.03 Å². The summed E-state index contributed by atoms with van der Waals surface area (Å²) in [6.45, 7) is 3.72. The molecule has 27 heavy (non-hydrogen) atoms. The van der Waals surface area contributed by atoms with Crippen LogP contribution >= 0.6 is 11.8 Å². The van der Waals surface area contributed by atoms with Crippen molar-refractivity contribution < 1.29 is 14.4 Å². The molecule has 3 aliphatic heterocycles. The highest BCUT2D eigenvalue weighted by molar-refractivity contribution is 8.00. The van der Waals surface area contributed by atoms with E-state index in [4.69, 9.17) is 0 Å². The second kappa shape index (κ2) is 8.79. The SMILES string of the molecule is CCC1NC(SCC(=O)N2CCCCCC2)C2C(=O)N(C)C(=O)N(C)C2N1. The van der Waals surface area contributed by atoms with Crippen molar-refractivity contribution in [1.29, 1.82) is 0 Å². The summed E-state index contributed by atoms with van der Waals surface area (Å²) >= 11 is 1.49. The maximum absolute atomic E-state index is 12.8. The molecule has 0 spiro atoms. The van der Waals surface area contributed by atoms with Gasteiger partial charge < -0.3 is 9.80 Å². The fraction of sp³-hybridized carbons (Fsp3) is 0.833. The van der Waals surface area contributed by atoms with Gasteiger partial charge in [-0.3, -0.25) is 25.1 Å². The van der Waals surface area contributed by atoms with Gasteiger partial charge in [-0.15, -0.1) is 11.8 Å². The average Bonchev–Trinajstić information content (AvgIpc) is 2.97. The molecule has 2 N–H and O–H groups in total. The number of imide groups is 1. The van der Waals surface area contributed by atoms with Crippen molar-refractivity contribution in [3.05, 3.63) is 0 Å². The van der Waals surface area contributed by atoms with E-state index in [1.165, 1.54) is 36.6 Å². The number of hydrogen-bond acceptors (Lipinski definition) is 6. The van der Waals surface area contributed by atoms with Gasteiger partial charge in [-0.25, -0.2) is 4.79 Å². The van der Waals surface area contributed by atoms with Gasteiger partial charge in [0.05, 0.1) is 29.4 Å². The first-order valence-electron chi connectivity index (χ1n) is 9.90. The maximum Gasteiger partial charge on any atom is 0.327 e. The highest BCUT2D eigenvalue weighted by Crippen LogP contribution is 2.31. The van der Waals surface area contributed by atoms with Crippen LogP contribution in [0.3, 0.4) is 0 Å². The van der Waals surface area contributed by atoms with Gasteiger partial charge in [0.1, 0.15) is 0 Å². The molecule has 4 atom stereocenters. The van der Waals surface area contributed by atoms with Crippen LogP contribution in [0.15, 0.2) is 0 Å². The molecule has 0 radical (unpaired) electrons. The third kappa shape index (κ3) is 4.25. The summed E-state index contributed by atoms with van der Waals surface area (Å²) in [4.78, 5) is 42.5. The molecule has 4 amide bonds. The largest absolute Gasteiger partial charge is 0.342 e. The molecule has 0 aromatic heterocycles. The molecule has 0 saturated carbocycles. The van der Waals surface area contributed by atoms with Gasteiger partial charge in [-0.05, 0) is 19.3 Å². The summed E-state index contributed by atoms with van der Waals surface area (Å²) in [5.74, 6) is -0.112. The average molecular weight is 398 g/mol. The molecule has 3 aliphatic rings. The molecule has 0 aromatic rings. The first-order chi connectivity index (χ1) is 12.9. The molecular weight excluding hydrogens is 366 g/mol. The zero-order chi connectivity index (χ0) is 19.6. The Hall–Kier alpha value is -1.32. The predicted octanol–water partition coefficient (Wildman–Crippen LogP) is 0.843. The summed E-state index contributed by atoms with van der Waals surface area (Å²) in [5, 5.41) is 6.61. The smallest absolute Gasteiger partial charge is 0.327 e. The van der Waals surface area contributed by atoms with Gasteiger partial charge in [0.25, 0.3) is 0 Å². The van der Waals surface area contributed by atoms with Crippen LogP contribution in [0.4, 0.5) is 4.79 Å². The lowest BCUT2D eigenvalue weighted by molar-refractivity contribution is -0.140. The van der Waals surface area contributed by atoms with Crippen LogP contribution in [0.2, 0.25) is 0 Å². The molecule has 0 aromatic carbocycles. The quantitative estimate of drug-likeness (QED) is 0.731. The molecule has 0 bridgehead atoms. The van der Waals surface area contributed by atoms with E-state index in [-0.39, 0.29) is 35.6 Å². The lowest BCUT2D eigenvalue weighted by Gasteiger charge is -2.50. The number of nitrogens with one attached hydrogen (secondary N) is 2. The van der Waals surface area contributed by atoms with E-state index in [1.807, 2.05) is 11.8 Å². The molecule has 8 nitrogen and oxygen atoms in total. The van der Waals surface area contributed by atoms with Gasteiger partial charge in [0.15, 0.2) is 0 Å². The standard InChI is InChI=1S/C18H31N5O3S/c1-4-12-19-15-14(17(25)22(3)18(26)21(15)2)16(20-12)27-11-13(24)23-9-7-5-6-8-10-23/h12,14-16,19-20H,4-11H2,1-3H3. The Balaban J connectivity index is 1.69. The van der Waals surface area contributed by atoms with E-state index >= 15 is 0 Å². The second-order valence-electron chi connectivity index (χ2n) is 7.58. The molecule has 3 fully saturated rings. The van der Waals surface area contributed by atoms with Crippen molar-refractivity contribution in [1.82, 2.24) is 25.3 Å². The van der Waals surface area contributed by atoms with Crippen molar-refractivity contribution in [3.8, 4) is 0 Å². The van der Waals surface area contributed by atoms with Crippen molar-refractivity contribution in [2.24, 2.45) is 5.92 Å². The minimum absolute atomic E-state index is 0.00324. The van der Waals surface area contributed by atoms with Crippen molar-refractivity contribution >= 4 is 29.6 Å². The molecule has 4 unspecified atom stereocenters. The van der Waals surface area contributed by atoms with Crippen LogP contribution < -0.4 is 10.6 Å². The Morgan fingerprint density at radius 3 is 2.41 bits per heavy atom. The lowest BCUT2D eigenvalue weighted by Crippen LogP contribution is -2.74. The van der Waals surface area contributed by atoms with Crippen LogP contribution in [0, 0.1) is 5.92 Å². The first-order valence-corrected chi connectivity index (χ1v) is 10.9. The number of fused-ring (bicyclic) bond motifs is 1. The van der Waals surface area contributed by atoms with Gasteiger partial charge in [0, 0.05) is 27.2 Å². The van der Waals surface area contributed by atoms with Crippen LogP contribution in [-0.2, 0) is 9.59 Å². The fourth-order valence-corrected chi connectivity index (χ4v) is 5.31. The van der Waals surface area contributed by atoms with Crippen molar-refractivity contribution in [2.45, 2.75) is 56.7 Å². The molecule has 3 heterocycles. The molecule has 3 saturated heterocycles. The van der Waals surface area contributed by atoms with Crippen molar-refractivity contribution in [2.75, 3.05) is 32.9 Å². The van der Waals surface area contributed by atoms with Crippen LogP contribution in [0.5, 0.6) is 0 Å². The normalized spacial score (nSPS) is 32.3. The number of carbonyl (C=O) groups excluding carboxylic acids is 3. The van der Waals surface area contributed by atoms with Gasteiger partial charge in [0.2, 0.25) is 11.8 Å². The Morgan fingerprint density at radius 1 is 1.11 bits per heavy atom.